The van der Waals surface area contributed by atoms with E-state index in [4.69, 9.17) is 16.3 Å². The van der Waals surface area contributed by atoms with E-state index in [-0.39, 0.29) is 6.03 Å². The first-order valence-corrected chi connectivity index (χ1v) is 7.44. The monoisotopic (exact) mass is 318 g/mol. The minimum Gasteiger partial charge on any atom is -0.497 e. The molecule has 0 aliphatic rings. The van der Waals surface area contributed by atoms with Crippen molar-refractivity contribution >= 4 is 17.6 Å². The summed E-state index contributed by atoms with van der Waals surface area (Å²) in [5.41, 5.74) is 2.12. The van der Waals surface area contributed by atoms with Gasteiger partial charge in [0.1, 0.15) is 5.75 Å². The van der Waals surface area contributed by atoms with Crippen LogP contribution in [0.1, 0.15) is 11.1 Å². The minimum atomic E-state index is -0.183. The van der Waals surface area contributed by atoms with Crippen molar-refractivity contribution in [3.8, 4) is 5.75 Å². The molecule has 0 radical (unpaired) electrons. The standard InChI is InChI=1S/C17H19ClN2O2/c1-22-16-7-5-14(6-8-16)12-20-17(21)19-10-9-13-3-2-4-15(18)11-13/h2-8,11H,9-10,12H2,1H3,(H2,19,20,21). The predicted octanol–water partition coefficient (Wildman–Crippen LogP) is 3.39. The van der Waals surface area contributed by atoms with Gasteiger partial charge in [-0.25, -0.2) is 4.79 Å². The zero-order valence-electron chi connectivity index (χ0n) is 12.4. The van der Waals surface area contributed by atoms with Crippen LogP contribution in [0.2, 0.25) is 5.02 Å². The second kappa shape index (κ2) is 8.29. The van der Waals surface area contributed by atoms with Crippen LogP contribution in [-0.4, -0.2) is 19.7 Å². The van der Waals surface area contributed by atoms with Crippen LogP contribution in [0.5, 0.6) is 5.75 Å². The smallest absolute Gasteiger partial charge is 0.315 e. The van der Waals surface area contributed by atoms with Crippen molar-refractivity contribution in [3.63, 3.8) is 0 Å². The number of hydrogen-bond acceptors (Lipinski definition) is 2. The lowest BCUT2D eigenvalue weighted by Gasteiger charge is -2.08. The summed E-state index contributed by atoms with van der Waals surface area (Å²) in [7, 11) is 1.63. The van der Waals surface area contributed by atoms with Gasteiger partial charge in [-0.2, -0.15) is 0 Å². The Morgan fingerprint density at radius 3 is 2.55 bits per heavy atom. The zero-order chi connectivity index (χ0) is 15.8. The Morgan fingerprint density at radius 1 is 1.09 bits per heavy atom. The van der Waals surface area contributed by atoms with E-state index >= 15 is 0 Å². The number of carbonyl (C=O) groups is 1. The van der Waals surface area contributed by atoms with Crippen LogP contribution < -0.4 is 15.4 Å². The molecule has 0 unspecified atom stereocenters. The first-order valence-electron chi connectivity index (χ1n) is 7.06. The first-order chi connectivity index (χ1) is 10.7. The van der Waals surface area contributed by atoms with Crippen molar-refractivity contribution < 1.29 is 9.53 Å². The molecule has 0 aliphatic heterocycles. The number of amides is 2. The maximum Gasteiger partial charge on any atom is 0.315 e. The molecule has 0 atom stereocenters. The van der Waals surface area contributed by atoms with Crippen molar-refractivity contribution in [1.29, 1.82) is 0 Å². The molecule has 0 fully saturated rings. The van der Waals surface area contributed by atoms with E-state index in [0.717, 1.165) is 23.3 Å². The Bertz CT molecular complexity index is 614. The Kier molecular flexibility index (Phi) is 6.10. The minimum absolute atomic E-state index is 0.183. The molecular weight excluding hydrogens is 300 g/mol. The summed E-state index contributed by atoms with van der Waals surface area (Å²) < 4.78 is 5.09. The highest BCUT2D eigenvalue weighted by molar-refractivity contribution is 6.30. The Balaban J connectivity index is 1.69. The van der Waals surface area contributed by atoms with Crippen molar-refractivity contribution in [3.05, 3.63) is 64.7 Å². The van der Waals surface area contributed by atoms with E-state index in [0.29, 0.717) is 18.1 Å². The molecule has 0 bridgehead atoms. The van der Waals surface area contributed by atoms with Gasteiger partial charge in [-0.1, -0.05) is 35.9 Å². The normalized spacial score (nSPS) is 10.1. The fourth-order valence-electron chi connectivity index (χ4n) is 2.00. The molecule has 4 nitrogen and oxygen atoms in total. The lowest BCUT2D eigenvalue weighted by molar-refractivity contribution is 0.240. The number of halogens is 1. The molecular formula is C17H19ClN2O2. The van der Waals surface area contributed by atoms with Crippen LogP contribution in [0.4, 0.5) is 4.79 Å². The van der Waals surface area contributed by atoms with Gasteiger partial charge in [0.05, 0.1) is 7.11 Å². The van der Waals surface area contributed by atoms with E-state index in [9.17, 15) is 4.79 Å². The van der Waals surface area contributed by atoms with Crippen LogP contribution in [0, 0.1) is 0 Å². The maximum absolute atomic E-state index is 11.7. The van der Waals surface area contributed by atoms with E-state index in [1.807, 2.05) is 48.5 Å². The zero-order valence-corrected chi connectivity index (χ0v) is 13.2. The van der Waals surface area contributed by atoms with Gasteiger partial charge in [0.25, 0.3) is 0 Å². The average molecular weight is 319 g/mol. The number of methoxy groups -OCH3 is 1. The van der Waals surface area contributed by atoms with Crippen LogP contribution >= 0.6 is 11.6 Å². The second-order valence-corrected chi connectivity index (χ2v) is 5.27. The molecule has 2 amide bonds. The molecule has 2 N–H and O–H groups in total. The third-order valence-corrected chi connectivity index (χ3v) is 3.44. The summed E-state index contributed by atoms with van der Waals surface area (Å²) in [6, 6.07) is 15.0. The molecule has 0 saturated heterocycles. The van der Waals surface area contributed by atoms with E-state index in [1.54, 1.807) is 7.11 Å². The Labute approximate surface area is 135 Å². The first kappa shape index (κ1) is 16.2. The number of hydrogen-bond donors (Lipinski definition) is 2. The topological polar surface area (TPSA) is 50.4 Å². The molecule has 2 aromatic rings. The van der Waals surface area contributed by atoms with Gasteiger partial charge in [0.2, 0.25) is 0 Å². The summed E-state index contributed by atoms with van der Waals surface area (Å²) >= 11 is 5.92. The van der Waals surface area contributed by atoms with Crippen molar-refractivity contribution in [2.45, 2.75) is 13.0 Å². The highest BCUT2D eigenvalue weighted by atomic mass is 35.5. The third-order valence-electron chi connectivity index (χ3n) is 3.20. The fraction of sp³-hybridized carbons (Fsp3) is 0.235. The Hall–Kier alpha value is -2.20. The average Bonchev–Trinajstić information content (AvgIpc) is 2.53. The highest BCUT2D eigenvalue weighted by Crippen LogP contribution is 2.11. The SMILES string of the molecule is COc1ccc(CNC(=O)NCCc2cccc(Cl)c2)cc1. The molecule has 5 heteroatoms. The van der Waals surface area contributed by atoms with Crippen LogP contribution in [0.3, 0.4) is 0 Å². The summed E-state index contributed by atoms with van der Waals surface area (Å²) in [5.74, 6) is 0.801. The molecule has 0 aliphatic carbocycles. The van der Waals surface area contributed by atoms with Gasteiger partial charge in [-0.3, -0.25) is 0 Å². The number of rotatable bonds is 6. The summed E-state index contributed by atoms with van der Waals surface area (Å²) in [6.45, 7) is 1.04. The van der Waals surface area contributed by atoms with Crippen molar-refractivity contribution in [1.82, 2.24) is 10.6 Å². The van der Waals surface area contributed by atoms with Gasteiger partial charge in [0.15, 0.2) is 0 Å². The summed E-state index contributed by atoms with van der Waals surface area (Å²) in [5, 5.41) is 6.35. The molecule has 0 aromatic heterocycles. The molecule has 2 rings (SSSR count). The lowest BCUT2D eigenvalue weighted by atomic mass is 10.1. The molecule has 2 aromatic carbocycles. The van der Waals surface area contributed by atoms with Gasteiger partial charge in [-0.15, -0.1) is 0 Å². The van der Waals surface area contributed by atoms with Gasteiger partial charge >= 0.3 is 6.03 Å². The largest absolute Gasteiger partial charge is 0.497 e. The van der Waals surface area contributed by atoms with E-state index in [1.165, 1.54) is 0 Å². The predicted molar refractivity (Wildman–Crippen MR) is 88.4 cm³/mol. The van der Waals surface area contributed by atoms with Crippen molar-refractivity contribution in [2.24, 2.45) is 0 Å². The van der Waals surface area contributed by atoms with Crippen LogP contribution in [0.15, 0.2) is 48.5 Å². The molecule has 0 spiro atoms. The number of carbonyl (C=O) groups excluding carboxylic acids is 1. The number of ether oxygens (including phenoxy) is 1. The number of urea groups is 1. The second-order valence-electron chi connectivity index (χ2n) is 4.84. The molecule has 22 heavy (non-hydrogen) atoms. The highest BCUT2D eigenvalue weighted by Gasteiger charge is 2.01. The molecule has 116 valence electrons. The van der Waals surface area contributed by atoms with Crippen molar-refractivity contribution in [2.75, 3.05) is 13.7 Å². The van der Waals surface area contributed by atoms with Gasteiger partial charge < -0.3 is 15.4 Å². The Morgan fingerprint density at radius 2 is 1.86 bits per heavy atom. The third kappa shape index (κ3) is 5.30. The van der Waals surface area contributed by atoms with Gasteiger partial charge in [-0.05, 0) is 41.8 Å². The lowest BCUT2D eigenvalue weighted by Crippen LogP contribution is -2.36. The molecule has 0 heterocycles. The van der Waals surface area contributed by atoms with E-state index in [2.05, 4.69) is 10.6 Å². The number of benzene rings is 2. The van der Waals surface area contributed by atoms with Crippen LogP contribution in [0.25, 0.3) is 0 Å². The molecule has 0 saturated carbocycles. The fourth-order valence-corrected chi connectivity index (χ4v) is 2.21. The summed E-state index contributed by atoms with van der Waals surface area (Å²) in [4.78, 5) is 11.7. The maximum atomic E-state index is 11.7. The van der Waals surface area contributed by atoms with Gasteiger partial charge in [0, 0.05) is 18.1 Å². The quantitative estimate of drug-likeness (QED) is 0.857. The van der Waals surface area contributed by atoms with E-state index < -0.39 is 0 Å². The van der Waals surface area contributed by atoms with Crippen LogP contribution in [-0.2, 0) is 13.0 Å². The summed E-state index contributed by atoms with van der Waals surface area (Å²) in [6.07, 6.45) is 0.747. The number of nitrogens with one attached hydrogen (secondary N) is 2.